The molecule has 1 aliphatic rings. The van der Waals surface area contributed by atoms with Gasteiger partial charge in [0.1, 0.15) is 0 Å². The highest BCUT2D eigenvalue weighted by atomic mass is 16.2. The van der Waals surface area contributed by atoms with Crippen molar-refractivity contribution >= 4 is 11.7 Å². The topological polar surface area (TPSA) is 53.2 Å². The zero-order valence-electron chi connectivity index (χ0n) is 13.3. The molecule has 3 unspecified atom stereocenters. The van der Waals surface area contributed by atoms with E-state index in [0.29, 0.717) is 12.0 Å². The summed E-state index contributed by atoms with van der Waals surface area (Å²) in [6, 6.07) is 8.53. The lowest BCUT2D eigenvalue weighted by molar-refractivity contribution is 0.246. The largest absolute Gasteiger partial charge is 0.335 e. The second kappa shape index (κ2) is 7.46. The summed E-state index contributed by atoms with van der Waals surface area (Å²) in [5.41, 5.74) is 2.03. The third-order valence-electron chi connectivity index (χ3n) is 4.33. The Morgan fingerprint density at radius 1 is 1.38 bits per heavy atom. The van der Waals surface area contributed by atoms with Crippen molar-refractivity contribution in [2.45, 2.75) is 52.1 Å². The van der Waals surface area contributed by atoms with Crippen LogP contribution in [0.4, 0.5) is 10.5 Å². The van der Waals surface area contributed by atoms with Gasteiger partial charge >= 0.3 is 6.03 Å². The van der Waals surface area contributed by atoms with Crippen LogP contribution in [-0.2, 0) is 0 Å². The van der Waals surface area contributed by atoms with Crippen LogP contribution in [0.5, 0.6) is 0 Å². The number of amides is 2. The number of benzene rings is 1. The van der Waals surface area contributed by atoms with Gasteiger partial charge < -0.3 is 16.0 Å². The van der Waals surface area contributed by atoms with Crippen molar-refractivity contribution in [1.29, 1.82) is 0 Å². The highest BCUT2D eigenvalue weighted by molar-refractivity contribution is 5.89. The monoisotopic (exact) mass is 289 g/mol. The number of hydrogen-bond acceptors (Lipinski definition) is 2. The van der Waals surface area contributed by atoms with Crippen molar-refractivity contribution < 1.29 is 4.79 Å². The van der Waals surface area contributed by atoms with E-state index < -0.39 is 0 Å². The van der Waals surface area contributed by atoms with E-state index in [2.05, 4.69) is 42.8 Å². The van der Waals surface area contributed by atoms with Gasteiger partial charge in [0, 0.05) is 17.8 Å². The summed E-state index contributed by atoms with van der Waals surface area (Å²) in [5, 5.41) is 9.41. The molecule has 4 heteroatoms. The van der Waals surface area contributed by atoms with Crippen molar-refractivity contribution in [1.82, 2.24) is 10.6 Å². The molecule has 3 N–H and O–H groups in total. The van der Waals surface area contributed by atoms with E-state index in [9.17, 15) is 4.79 Å². The molecular weight excluding hydrogens is 262 g/mol. The SMILES string of the molecule is CCNC(C)c1cccc(NC(=O)NC2CCCC2C)c1. The maximum atomic E-state index is 12.1. The van der Waals surface area contributed by atoms with E-state index in [4.69, 9.17) is 0 Å². The number of urea groups is 1. The Morgan fingerprint density at radius 3 is 2.86 bits per heavy atom. The lowest BCUT2D eigenvalue weighted by Gasteiger charge is -2.18. The van der Waals surface area contributed by atoms with Crippen LogP contribution in [-0.4, -0.2) is 18.6 Å². The fourth-order valence-corrected chi connectivity index (χ4v) is 3.01. The molecule has 0 aromatic heterocycles. The minimum absolute atomic E-state index is 0.0954. The zero-order chi connectivity index (χ0) is 15.2. The van der Waals surface area contributed by atoms with Crippen molar-refractivity contribution in [3.05, 3.63) is 29.8 Å². The first-order chi connectivity index (χ1) is 10.1. The molecule has 0 bridgehead atoms. The van der Waals surface area contributed by atoms with Crippen LogP contribution in [0.15, 0.2) is 24.3 Å². The molecule has 0 saturated heterocycles. The highest BCUT2D eigenvalue weighted by Crippen LogP contribution is 2.25. The van der Waals surface area contributed by atoms with Crippen LogP contribution in [0.25, 0.3) is 0 Å². The summed E-state index contributed by atoms with van der Waals surface area (Å²) < 4.78 is 0. The Kier molecular flexibility index (Phi) is 5.62. The first-order valence-corrected chi connectivity index (χ1v) is 8.01. The lowest BCUT2D eigenvalue weighted by atomic mass is 10.1. The van der Waals surface area contributed by atoms with E-state index in [-0.39, 0.29) is 12.1 Å². The maximum absolute atomic E-state index is 12.1. The van der Waals surface area contributed by atoms with Crippen LogP contribution in [0.3, 0.4) is 0 Å². The van der Waals surface area contributed by atoms with E-state index in [1.165, 1.54) is 18.4 Å². The van der Waals surface area contributed by atoms with Crippen molar-refractivity contribution in [2.75, 3.05) is 11.9 Å². The normalized spacial score (nSPS) is 22.8. The van der Waals surface area contributed by atoms with E-state index in [0.717, 1.165) is 18.7 Å². The van der Waals surface area contributed by atoms with Gasteiger partial charge in [-0.3, -0.25) is 0 Å². The maximum Gasteiger partial charge on any atom is 0.319 e. The third-order valence-corrected chi connectivity index (χ3v) is 4.33. The Labute approximate surface area is 127 Å². The molecule has 2 rings (SSSR count). The average molecular weight is 289 g/mol. The fraction of sp³-hybridized carbons (Fsp3) is 0.588. The van der Waals surface area contributed by atoms with Gasteiger partial charge in [0.25, 0.3) is 0 Å². The van der Waals surface area contributed by atoms with Crippen molar-refractivity contribution in [3.8, 4) is 0 Å². The van der Waals surface area contributed by atoms with Crippen LogP contribution < -0.4 is 16.0 Å². The van der Waals surface area contributed by atoms with Gasteiger partial charge in [-0.15, -0.1) is 0 Å². The summed E-state index contributed by atoms with van der Waals surface area (Å²) in [5.74, 6) is 0.580. The molecule has 3 atom stereocenters. The molecule has 0 radical (unpaired) electrons. The predicted molar refractivity (Wildman–Crippen MR) is 87.5 cm³/mol. The number of rotatable bonds is 5. The summed E-state index contributed by atoms with van der Waals surface area (Å²) in [6.07, 6.45) is 3.51. The van der Waals surface area contributed by atoms with Crippen molar-refractivity contribution in [3.63, 3.8) is 0 Å². The number of anilines is 1. The Balaban J connectivity index is 1.92. The van der Waals surface area contributed by atoms with Crippen LogP contribution in [0, 0.1) is 5.92 Å². The summed E-state index contributed by atoms with van der Waals surface area (Å²) in [6.45, 7) is 7.35. The molecule has 21 heavy (non-hydrogen) atoms. The van der Waals surface area contributed by atoms with E-state index in [1.54, 1.807) is 0 Å². The molecule has 2 amide bonds. The van der Waals surface area contributed by atoms with E-state index >= 15 is 0 Å². The van der Waals surface area contributed by atoms with Crippen LogP contribution >= 0.6 is 0 Å². The lowest BCUT2D eigenvalue weighted by Crippen LogP contribution is -2.39. The molecule has 1 aromatic carbocycles. The Bertz CT molecular complexity index is 475. The van der Waals surface area contributed by atoms with Gasteiger partial charge in [-0.05, 0) is 49.9 Å². The molecule has 1 aliphatic carbocycles. The molecule has 1 fully saturated rings. The molecule has 0 heterocycles. The van der Waals surface area contributed by atoms with E-state index in [1.807, 2.05) is 18.2 Å². The molecule has 1 aromatic rings. The zero-order valence-corrected chi connectivity index (χ0v) is 13.3. The molecule has 0 spiro atoms. The van der Waals surface area contributed by atoms with Gasteiger partial charge in [0.2, 0.25) is 0 Å². The predicted octanol–water partition coefficient (Wildman–Crippen LogP) is 3.67. The summed E-state index contributed by atoms with van der Waals surface area (Å²) in [4.78, 5) is 12.1. The third kappa shape index (κ3) is 4.46. The van der Waals surface area contributed by atoms with Crippen LogP contribution in [0.1, 0.15) is 51.6 Å². The Hall–Kier alpha value is -1.55. The average Bonchev–Trinajstić information content (AvgIpc) is 2.84. The molecular formula is C17H27N3O. The summed E-state index contributed by atoms with van der Waals surface area (Å²) >= 11 is 0. The number of hydrogen-bond donors (Lipinski definition) is 3. The molecule has 0 aliphatic heterocycles. The summed E-state index contributed by atoms with van der Waals surface area (Å²) in [7, 11) is 0. The van der Waals surface area contributed by atoms with Crippen LogP contribution in [0.2, 0.25) is 0 Å². The van der Waals surface area contributed by atoms with Gasteiger partial charge in [0.15, 0.2) is 0 Å². The minimum Gasteiger partial charge on any atom is -0.335 e. The molecule has 1 saturated carbocycles. The second-order valence-corrected chi connectivity index (χ2v) is 6.02. The quantitative estimate of drug-likeness (QED) is 0.774. The standard InChI is InChI=1S/C17H27N3O/c1-4-18-13(3)14-8-6-9-15(11-14)19-17(21)20-16-10-5-7-12(16)2/h6,8-9,11-13,16,18H,4-5,7,10H2,1-3H3,(H2,19,20,21). The first-order valence-electron chi connectivity index (χ1n) is 8.01. The van der Waals surface area contributed by atoms with Gasteiger partial charge in [-0.2, -0.15) is 0 Å². The first kappa shape index (κ1) is 15.8. The van der Waals surface area contributed by atoms with Gasteiger partial charge in [-0.1, -0.05) is 32.4 Å². The molecule has 116 valence electrons. The molecule has 4 nitrogen and oxygen atoms in total. The van der Waals surface area contributed by atoms with Gasteiger partial charge in [-0.25, -0.2) is 4.79 Å². The van der Waals surface area contributed by atoms with Gasteiger partial charge in [0.05, 0.1) is 0 Å². The Morgan fingerprint density at radius 2 is 2.19 bits per heavy atom. The highest BCUT2D eigenvalue weighted by Gasteiger charge is 2.24. The minimum atomic E-state index is -0.0954. The number of carbonyl (C=O) groups is 1. The second-order valence-electron chi connectivity index (χ2n) is 6.02. The van der Waals surface area contributed by atoms with Crippen molar-refractivity contribution in [2.24, 2.45) is 5.92 Å². The number of nitrogens with one attached hydrogen (secondary N) is 3. The smallest absolute Gasteiger partial charge is 0.319 e. The number of carbonyl (C=O) groups excluding carboxylic acids is 1. The fourth-order valence-electron chi connectivity index (χ4n) is 3.01.